The summed E-state index contributed by atoms with van der Waals surface area (Å²) in [5, 5.41) is 21.1. The molecular weight excluding hydrogens is 488 g/mol. The number of phenolic OH excluding ortho intramolecular Hbond substituents is 1. The minimum absolute atomic E-state index is 0.0510. The lowest BCUT2D eigenvalue weighted by atomic mass is 10.0. The molecule has 9 heteroatoms. The van der Waals surface area contributed by atoms with Gasteiger partial charge in [0.15, 0.2) is 8.32 Å². The number of aromatic amines is 1. The van der Waals surface area contributed by atoms with E-state index in [-0.39, 0.29) is 28.4 Å². The first kappa shape index (κ1) is 28.1. The number of pyridine rings is 1. The van der Waals surface area contributed by atoms with E-state index in [4.69, 9.17) is 4.43 Å². The van der Waals surface area contributed by atoms with E-state index in [2.05, 4.69) is 38.8 Å². The van der Waals surface area contributed by atoms with E-state index in [9.17, 15) is 24.6 Å². The van der Waals surface area contributed by atoms with Crippen LogP contribution < -0.4 is 5.56 Å². The zero-order chi connectivity index (χ0) is 27.5. The maximum absolute atomic E-state index is 12.5. The monoisotopic (exact) mass is 524 g/mol. The first-order chi connectivity index (χ1) is 17.2. The molecule has 3 rings (SSSR count). The Labute approximate surface area is 218 Å². The molecule has 0 fully saturated rings. The Morgan fingerprint density at radius 3 is 2.49 bits per heavy atom. The predicted octanol–water partition coefficient (Wildman–Crippen LogP) is 5.72. The molecule has 0 radical (unpaired) electrons. The Kier molecular flexibility index (Phi) is 8.29. The van der Waals surface area contributed by atoms with Gasteiger partial charge < -0.3 is 24.5 Å². The Balaban J connectivity index is 2.06. The Bertz CT molecular complexity index is 1340. The number of nitrogens with zero attached hydrogens (tertiary/aromatic N) is 1. The second kappa shape index (κ2) is 10.9. The molecule has 0 saturated carbocycles. The number of fused-ring (bicyclic) bond motifs is 1. The first-order valence-corrected chi connectivity index (χ1v) is 15.2. The summed E-state index contributed by atoms with van der Waals surface area (Å²) in [6.07, 6.45) is -0.536. The van der Waals surface area contributed by atoms with E-state index in [1.807, 2.05) is 13.0 Å². The topological polar surface area (TPSA) is 120 Å². The molecule has 2 unspecified atom stereocenters. The van der Waals surface area contributed by atoms with Gasteiger partial charge in [-0.15, -0.1) is 0 Å². The fourth-order valence-corrected chi connectivity index (χ4v) is 5.41. The molecule has 0 aliphatic carbocycles. The highest BCUT2D eigenvalue weighted by Crippen LogP contribution is 2.41. The molecule has 2 atom stereocenters. The number of phenols is 1. The van der Waals surface area contributed by atoms with Gasteiger partial charge in [0.2, 0.25) is 5.56 Å². The number of carboxylic acid groups (broad SMARTS) is 1. The maximum Gasteiger partial charge on any atom is 0.407 e. The highest BCUT2D eigenvalue weighted by molar-refractivity contribution is 6.74. The van der Waals surface area contributed by atoms with Crippen LogP contribution in [0, 0.1) is 0 Å². The lowest BCUT2D eigenvalue weighted by Gasteiger charge is -2.41. The SMILES string of the molecule is CC(Cc1cccc(C=O)c1)N(CC(O[Si](C)(C)C(C)(C)C)c1ccc(O)c2[nH]c(=O)ccc12)C(=O)O. The maximum atomic E-state index is 12.5. The number of hydrogen-bond donors (Lipinski definition) is 3. The van der Waals surface area contributed by atoms with Crippen LogP contribution >= 0.6 is 0 Å². The summed E-state index contributed by atoms with van der Waals surface area (Å²) in [6, 6.07) is 12.9. The van der Waals surface area contributed by atoms with Gasteiger partial charge in [-0.3, -0.25) is 9.59 Å². The molecule has 1 aromatic heterocycles. The molecule has 2 aromatic carbocycles. The molecule has 8 nitrogen and oxygen atoms in total. The lowest BCUT2D eigenvalue weighted by Crippen LogP contribution is -2.47. The Morgan fingerprint density at radius 2 is 1.86 bits per heavy atom. The smallest absolute Gasteiger partial charge is 0.407 e. The van der Waals surface area contributed by atoms with Crippen molar-refractivity contribution in [3.05, 3.63) is 75.6 Å². The zero-order valence-electron chi connectivity index (χ0n) is 22.2. The molecule has 0 spiro atoms. The second-order valence-corrected chi connectivity index (χ2v) is 15.8. The van der Waals surface area contributed by atoms with Gasteiger partial charge in [-0.05, 0) is 60.8 Å². The van der Waals surface area contributed by atoms with Gasteiger partial charge in [0.05, 0.1) is 18.2 Å². The van der Waals surface area contributed by atoms with Crippen molar-refractivity contribution in [2.45, 2.75) is 64.4 Å². The van der Waals surface area contributed by atoms with Crippen molar-refractivity contribution in [2.75, 3.05) is 6.54 Å². The van der Waals surface area contributed by atoms with E-state index in [0.717, 1.165) is 11.8 Å². The highest BCUT2D eigenvalue weighted by Gasteiger charge is 2.41. The molecular formula is C28H36N2O6Si. The average Bonchev–Trinajstić information content (AvgIpc) is 2.81. The number of carbonyl (C=O) groups is 2. The number of benzene rings is 2. The van der Waals surface area contributed by atoms with Gasteiger partial charge in [-0.2, -0.15) is 0 Å². The number of aromatic hydroxyl groups is 1. The lowest BCUT2D eigenvalue weighted by molar-refractivity contribution is 0.0847. The number of aldehydes is 1. The summed E-state index contributed by atoms with van der Waals surface area (Å²) in [5.74, 6) is -0.0685. The summed E-state index contributed by atoms with van der Waals surface area (Å²) < 4.78 is 6.80. The van der Waals surface area contributed by atoms with Crippen LogP contribution in [0.3, 0.4) is 0 Å². The number of H-pyrrole nitrogens is 1. The van der Waals surface area contributed by atoms with Crippen LogP contribution in [0.2, 0.25) is 18.1 Å². The molecule has 0 saturated heterocycles. The summed E-state index contributed by atoms with van der Waals surface area (Å²) in [5.41, 5.74) is 2.03. The number of amides is 1. The number of aromatic nitrogens is 1. The van der Waals surface area contributed by atoms with E-state index in [1.165, 1.54) is 17.0 Å². The Morgan fingerprint density at radius 1 is 1.16 bits per heavy atom. The molecule has 198 valence electrons. The molecule has 1 amide bonds. The van der Waals surface area contributed by atoms with Crippen LogP contribution in [0.1, 0.15) is 55.3 Å². The highest BCUT2D eigenvalue weighted by atomic mass is 28.4. The van der Waals surface area contributed by atoms with Crippen molar-refractivity contribution < 1.29 is 24.2 Å². The van der Waals surface area contributed by atoms with Crippen LogP contribution in [0.25, 0.3) is 10.9 Å². The zero-order valence-corrected chi connectivity index (χ0v) is 23.2. The van der Waals surface area contributed by atoms with E-state index in [1.54, 1.807) is 30.3 Å². The summed E-state index contributed by atoms with van der Waals surface area (Å²) in [6.45, 7) is 12.4. The molecule has 3 aromatic rings. The van der Waals surface area contributed by atoms with Gasteiger partial charge in [-0.1, -0.05) is 45.0 Å². The molecule has 0 bridgehead atoms. The third-order valence-electron chi connectivity index (χ3n) is 7.26. The van der Waals surface area contributed by atoms with Crippen LogP contribution in [0.5, 0.6) is 5.75 Å². The van der Waals surface area contributed by atoms with Gasteiger partial charge in [0.1, 0.15) is 12.0 Å². The molecule has 37 heavy (non-hydrogen) atoms. The van der Waals surface area contributed by atoms with E-state index < -0.39 is 26.6 Å². The minimum atomic E-state index is -2.38. The van der Waals surface area contributed by atoms with Crippen molar-refractivity contribution in [2.24, 2.45) is 0 Å². The standard InChI is InChI=1S/C28H36N2O6Si/c1-18(14-19-8-7-9-20(15-19)17-31)30(27(34)35)16-24(36-37(5,6)28(2,3)4)21-10-12-23(32)26-22(21)11-13-25(33)29-26/h7-13,15,17-18,24,32H,14,16H2,1-6H3,(H,29,33)(H,34,35). The molecule has 3 N–H and O–H groups in total. The van der Waals surface area contributed by atoms with Crippen molar-refractivity contribution in [3.63, 3.8) is 0 Å². The van der Waals surface area contributed by atoms with Crippen molar-refractivity contribution >= 4 is 31.6 Å². The third kappa shape index (κ3) is 6.47. The average molecular weight is 525 g/mol. The number of rotatable bonds is 9. The van der Waals surface area contributed by atoms with E-state index in [0.29, 0.717) is 22.9 Å². The fraction of sp³-hybridized carbons (Fsp3) is 0.393. The molecule has 0 aliphatic heterocycles. The Hall–Kier alpha value is -3.43. The van der Waals surface area contributed by atoms with Gasteiger partial charge in [-0.25, -0.2) is 4.79 Å². The summed E-state index contributed by atoms with van der Waals surface area (Å²) in [4.78, 5) is 39.7. The minimum Gasteiger partial charge on any atom is -0.506 e. The van der Waals surface area contributed by atoms with Crippen LogP contribution in [0.15, 0.2) is 53.3 Å². The first-order valence-electron chi connectivity index (χ1n) is 12.3. The van der Waals surface area contributed by atoms with Crippen LogP contribution in [0.4, 0.5) is 4.79 Å². The van der Waals surface area contributed by atoms with Gasteiger partial charge in [0, 0.05) is 23.1 Å². The normalized spacial score (nSPS) is 13.8. The van der Waals surface area contributed by atoms with Crippen molar-refractivity contribution in [1.29, 1.82) is 0 Å². The number of nitrogens with one attached hydrogen (secondary N) is 1. The third-order valence-corrected chi connectivity index (χ3v) is 11.7. The van der Waals surface area contributed by atoms with Gasteiger partial charge in [0.25, 0.3) is 0 Å². The predicted molar refractivity (Wildman–Crippen MR) is 147 cm³/mol. The van der Waals surface area contributed by atoms with E-state index >= 15 is 0 Å². The second-order valence-electron chi connectivity index (χ2n) is 11.0. The molecule has 0 aliphatic rings. The number of hydrogen-bond acceptors (Lipinski definition) is 5. The van der Waals surface area contributed by atoms with Crippen molar-refractivity contribution in [3.8, 4) is 5.75 Å². The largest absolute Gasteiger partial charge is 0.506 e. The quantitative estimate of drug-likeness (QED) is 0.243. The van der Waals surface area contributed by atoms with Gasteiger partial charge >= 0.3 is 6.09 Å². The summed E-state index contributed by atoms with van der Waals surface area (Å²) >= 11 is 0. The van der Waals surface area contributed by atoms with Crippen LogP contribution in [-0.4, -0.2) is 53.4 Å². The molecule has 1 heterocycles. The number of carbonyl (C=O) groups excluding carboxylic acids is 1. The summed E-state index contributed by atoms with van der Waals surface area (Å²) in [7, 11) is -2.38. The fourth-order valence-electron chi connectivity index (χ4n) is 4.14. The van der Waals surface area contributed by atoms with Crippen molar-refractivity contribution in [1.82, 2.24) is 9.88 Å². The van der Waals surface area contributed by atoms with Crippen LogP contribution in [-0.2, 0) is 10.8 Å².